The van der Waals surface area contributed by atoms with Gasteiger partial charge in [-0.3, -0.25) is 4.90 Å². The van der Waals surface area contributed by atoms with Crippen LogP contribution in [0, 0.1) is 0 Å². The Hall–Kier alpha value is -1.34. The van der Waals surface area contributed by atoms with E-state index in [4.69, 9.17) is 9.84 Å². The molecule has 0 aliphatic carbocycles. The number of carbonyl (C=O) groups is 2. The van der Waals surface area contributed by atoms with Crippen LogP contribution in [0.3, 0.4) is 0 Å². The second-order valence-corrected chi connectivity index (χ2v) is 5.10. The Balaban J connectivity index is 2.20. The van der Waals surface area contributed by atoms with Crippen molar-refractivity contribution in [2.24, 2.45) is 0 Å². The van der Waals surface area contributed by atoms with E-state index in [1.807, 2.05) is 0 Å². The number of nitrogens with zero attached hydrogens (tertiary/aromatic N) is 1. The lowest BCUT2D eigenvalue weighted by Crippen LogP contribution is -2.48. The zero-order chi connectivity index (χ0) is 15.0. The molecule has 1 saturated heterocycles. The molecule has 0 aromatic rings. The Labute approximate surface area is 119 Å². The summed E-state index contributed by atoms with van der Waals surface area (Å²) >= 11 is 0. The molecule has 116 valence electrons. The third-order valence-electron chi connectivity index (χ3n) is 3.58. The SMILES string of the molecule is COC(CNC(=O)NCC(C)N1CCCCC1)C(=O)O. The zero-order valence-electron chi connectivity index (χ0n) is 12.2. The minimum absolute atomic E-state index is 0.0459. The monoisotopic (exact) mass is 287 g/mol. The van der Waals surface area contributed by atoms with Gasteiger partial charge in [0.15, 0.2) is 6.10 Å². The van der Waals surface area contributed by atoms with Crippen molar-refractivity contribution in [2.75, 3.05) is 33.3 Å². The van der Waals surface area contributed by atoms with Gasteiger partial charge in [-0.05, 0) is 32.9 Å². The van der Waals surface area contributed by atoms with Crippen LogP contribution in [0.2, 0.25) is 0 Å². The normalized spacial score (nSPS) is 19.1. The molecule has 2 amide bonds. The van der Waals surface area contributed by atoms with Gasteiger partial charge in [0.25, 0.3) is 0 Å². The highest BCUT2D eigenvalue weighted by Gasteiger charge is 2.19. The maximum atomic E-state index is 11.6. The van der Waals surface area contributed by atoms with Gasteiger partial charge >= 0.3 is 12.0 Å². The van der Waals surface area contributed by atoms with Gasteiger partial charge in [0.2, 0.25) is 0 Å². The van der Waals surface area contributed by atoms with Gasteiger partial charge in [0.05, 0.1) is 6.54 Å². The van der Waals surface area contributed by atoms with Crippen molar-refractivity contribution in [3.05, 3.63) is 0 Å². The third-order valence-corrected chi connectivity index (χ3v) is 3.58. The van der Waals surface area contributed by atoms with Crippen molar-refractivity contribution in [3.8, 4) is 0 Å². The number of piperidine rings is 1. The number of amides is 2. The summed E-state index contributed by atoms with van der Waals surface area (Å²) in [4.78, 5) is 24.7. The zero-order valence-corrected chi connectivity index (χ0v) is 12.2. The number of hydrogen-bond donors (Lipinski definition) is 3. The lowest BCUT2D eigenvalue weighted by Gasteiger charge is -2.32. The summed E-state index contributed by atoms with van der Waals surface area (Å²) in [5.74, 6) is -1.09. The summed E-state index contributed by atoms with van der Waals surface area (Å²) in [6.07, 6.45) is 2.69. The maximum absolute atomic E-state index is 11.6. The first kappa shape index (κ1) is 16.7. The molecular weight excluding hydrogens is 262 g/mol. The van der Waals surface area contributed by atoms with Gasteiger partial charge in [-0.1, -0.05) is 6.42 Å². The van der Waals surface area contributed by atoms with Crippen LogP contribution in [-0.4, -0.2) is 67.4 Å². The highest BCUT2D eigenvalue weighted by atomic mass is 16.5. The fourth-order valence-corrected chi connectivity index (χ4v) is 2.25. The number of carboxylic acids is 1. The first-order valence-electron chi connectivity index (χ1n) is 7.06. The number of likely N-dealkylation sites (tertiary alicyclic amines) is 1. The quantitative estimate of drug-likeness (QED) is 0.625. The number of carbonyl (C=O) groups excluding carboxylic acids is 1. The number of hydrogen-bond acceptors (Lipinski definition) is 4. The van der Waals surface area contributed by atoms with Crippen molar-refractivity contribution in [2.45, 2.75) is 38.3 Å². The number of rotatable bonds is 7. The van der Waals surface area contributed by atoms with Crippen molar-refractivity contribution >= 4 is 12.0 Å². The van der Waals surface area contributed by atoms with Gasteiger partial charge in [0.1, 0.15) is 0 Å². The largest absolute Gasteiger partial charge is 0.479 e. The number of urea groups is 1. The summed E-state index contributed by atoms with van der Waals surface area (Å²) < 4.78 is 4.73. The number of nitrogens with one attached hydrogen (secondary N) is 2. The molecule has 0 radical (unpaired) electrons. The molecule has 7 heteroatoms. The average Bonchev–Trinajstić information content (AvgIpc) is 2.46. The summed E-state index contributed by atoms with van der Waals surface area (Å²) in [5.41, 5.74) is 0. The lowest BCUT2D eigenvalue weighted by atomic mass is 10.1. The van der Waals surface area contributed by atoms with E-state index in [0.717, 1.165) is 13.1 Å². The predicted molar refractivity (Wildman–Crippen MR) is 74.7 cm³/mol. The summed E-state index contributed by atoms with van der Waals surface area (Å²) in [6, 6.07) is -0.0732. The molecular formula is C13H25N3O4. The van der Waals surface area contributed by atoms with Crippen molar-refractivity contribution < 1.29 is 19.4 Å². The Morgan fingerprint density at radius 3 is 2.35 bits per heavy atom. The topological polar surface area (TPSA) is 90.9 Å². The van der Waals surface area contributed by atoms with E-state index in [1.54, 1.807) is 0 Å². The van der Waals surface area contributed by atoms with E-state index in [9.17, 15) is 9.59 Å². The van der Waals surface area contributed by atoms with Gasteiger partial charge in [-0.25, -0.2) is 9.59 Å². The molecule has 1 fully saturated rings. The highest BCUT2D eigenvalue weighted by molar-refractivity contribution is 5.76. The molecule has 0 saturated carbocycles. The predicted octanol–water partition coefficient (Wildman–Crippen LogP) is 0.260. The molecule has 0 aromatic heterocycles. The van der Waals surface area contributed by atoms with Crippen LogP contribution < -0.4 is 10.6 Å². The highest BCUT2D eigenvalue weighted by Crippen LogP contribution is 2.11. The van der Waals surface area contributed by atoms with Gasteiger partial charge in [-0.2, -0.15) is 0 Å². The molecule has 1 rings (SSSR count). The third kappa shape index (κ3) is 5.75. The average molecular weight is 287 g/mol. The first-order chi connectivity index (χ1) is 9.54. The smallest absolute Gasteiger partial charge is 0.334 e. The van der Waals surface area contributed by atoms with Crippen molar-refractivity contribution in [1.82, 2.24) is 15.5 Å². The van der Waals surface area contributed by atoms with Crippen LogP contribution in [0.4, 0.5) is 4.79 Å². The number of methoxy groups -OCH3 is 1. The van der Waals surface area contributed by atoms with E-state index >= 15 is 0 Å². The Bertz CT molecular complexity index is 319. The van der Waals surface area contributed by atoms with E-state index in [-0.39, 0.29) is 12.6 Å². The molecule has 0 spiro atoms. The molecule has 2 unspecified atom stereocenters. The van der Waals surface area contributed by atoms with Crippen LogP contribution >= 0.6 is 0 Å². The number of carboxylic acid groups (broad SMARTS) is 1. The van der Waals surface area contributed by atoms with Crippen LogP contribution in [0.5, 0.6) is 0 Å². The second kappa shape index (κ2) is 8.76. The fraction of sp³-hybridized carbons (Fsp3) is 0.846. The fourth-order valence-electron chi connectivity index (χ4n) is 2.25. The van der Waals surface area contributed by atoms with Gasteiger partial charge in [0, 0.05) is 19.7 Å². The summed E-state index contributed by atoms with van der Waals surface area (Å²) in [6.45, 7) is 4.75. The molecule has 1 aliphatic rings. The van der Waals surface area contributed by atoms with Crippen LogP contribution in [0.25, 0.3) is 0 Å². The molecule has 3 N–H and O–H groups in total. The minimum atomic E-state index is -1.09. The van der Waals surface area contributed by atoms with E-state index < -0.39 is 12.1 Å². The summed E-state index contributed by atoms with van der Waals surface area (Å²) in [7, 11) is 1.30. The second-order valence-electron chi connectivity index (χ2n) is 5.10. The Morgan fingerprint density at radius 2 is 1.80 bits per heavy atom. The van der Waals surface area contributed by atoms with Crippen LogP contribution in [0.1, 0.15) is 26.2 Å². The van der Waals surface area contributed by atoms with Gasteiger partial charge in [-0.15, -0.1) is 0 Å². The van der Waals surface area contributed by atoms with Crippen molar-refractivity contribution in [3.63, 3.8) is 0 Å². The molecule has 7 nitrogen and oxygen atoms in total. The standard InChI is InChI=1S/C13H25N3O4/c1-10(16-6-4-3-5-7-16)8-14-13(19)15-9-11(20-2)12(17)18/h10-11H,3-9H2,1-2H3,(H,17,18)(H2,14,15,19). The maximum Gasteiger partial charge on any atom is 0.334 e. The first-order valence-corrected chi connectivity index (χ1v) is 7.06. The Morgan fingerprint density at radius 1 is 1.20 bits per heavy atom. The van der Waals surface area contributed by atoms with Crippen molar-refractivity contribution in [1.29, 1.82) is 0 Å². The van der Waals surface area contributed by atoms with E-state index in [0.29, 0.717) is 12.6 Å². The molecule has 0 bridgehead atoms. The molecule has 20 heavy (non-hydrogen) atoms. The molecule has 2 atom stereocenters. The number of ether oxygens (including phenoxy) is 1. The molecule has 1 heterocycles. The molecule has 1 aliphatic heterocycles. The van der Waals surface area contributed by atoms with Crippen LogP contribution in [-0.2, 0) is 9.53 Å². The lowest BCUT2D eigenvalue weighted by molar-refractivity contribution is -0.147. The Kier molecular flexibility index (Phi) is 7.32. The molecule has 0 aromatic carbocycles. The summed E-state index contributed by atoms with van der Waals surface area (Å²) in [5, 5.41) is 14.0. The minimum Gasteiger partial charge on any atom is -0.479 e. The van der Waals surface area contributed by atoms with E-state index in [2.05, 4.69) is 22.5 Å². The van der Waals surface area contributed by atoms with E-state index in [1.165, 1.54) is 26.4 Å². The van der Waals surface area contributed by atoms with Gasteiger partial charge < -0.3 is 20.5 Å². The number of aliphatic carboxylic acids is 1. The van der Waals surface area contributed by atoms with Crippen LogP contribution in [0.15, 0.2) is 0 Å².